The first-order valence-electron chi connectivity index (χ1n) is 7.14. The summed E-state index contributed by atoms with van der Waals surface area (Å²) in [6.45, 7) is 2.00. The van der Waals surface area contributed by atoms with E-state index in [1.807, 2.05) is 43.3 Å². The van der Waals surface area contributed by atoms with Crippen LogP contribution in [0, 0.1) is 18.3 Å². The highest BCUT2D eigenvalue weighted by Crippen LogP contribution is 2.49. The van der Waals surface area contributed by atoms with Crippen molar-refractivity contribution >= 4 is 58.6 Å². The molecule has 0 radical (unpaired) electrons. The van der Waals surface area contributed by atoms with E-state index in [9.17, 15) is 5.26 Å². The molecule has 0 heterocycles. The van der Waals surface area contributed by atoms with Crippen molar-refractivity contribution in [2.45, 2.75) is 6.92 Å². The smallest absolute Gasteiger partial charge is 0.148 e. The van der Waals surface area contributed by atoms with Crippen LogP contribution in [0.5, 0.6) is 5.75 Å². The third-order valence-corrected chi connectivity index (χ3v) is 6.70. The highest BCUT2D eigenvalue weighted by atomic mass is 79.9. The number of halogens is 3. The van der Waals surface area contributed by atoms with Crippen molar-refractivity contribution in [1.82, 2.24) is 0 Å². The molecule has 0 aliphatic rings. The fourth-order valence-electron chi connectivity index (χ4n) is 2.79. The molecule has 24 heavy (non-hydrogen) atoms. The predicted octanol–water partition coefficient (Wildman–Crippen LogP) is 6.98. The van der Waals surface area contributed by atoms with Crippen LogP contribution in [0.15, 0.2) is 49.8 Å². The molecule has 0 N–H and O–H groups in total. The molecule has 3 aromatic carbocycles. The minimum absolute atomic E-state index is 0.624. The van der Waals surface area contributed by atoms with Gasteiger partial charge in [0.15, 0.2) is 0 Å². The summed E-state index contributed by atoms with van der Waals surface area (Å²) < 4.78 is 8.18. The summed E-state index contributed by atoms with van der Waals surface area (Å²) in [6, 6.07) is 14.2. The van der Waals surface area contributed by atoms with Crippen LogP contribution < -0.4 is 4.74 Å². The standard InChI is InChI=1S/C19H12Br3NO/c1-10-16(20)15(18(22)19(24-2)17(10)21)14-12(9-23)8-7-11-5-3-4-6-13(11)14/h3-8H,1-2H3. The maximum atomic E-state index is 9.65. The SMILES string of the molecule is COc1c(Br)c(C)c(Br)c(-c2c(C#N)ccc3ccccc23)c1Br. The average Bonchev–Trinajstić information content (AvgIpc) is 2.60. The Labute approximate surface area is 165 Å². The van der Waals surface area contributed by atoms with Crippen LogP contribution in [0.4, 0.5) is 0 Å². The molecule has 0 bridgehead atoms. The van der Waals surface area contributed by atoms with Gasteiger partial charge in [-0.25, -0.2) is 0 Å². The maximum absolute atomic E-state index is 9.65. The van der Waals surface area contributed by atoms with E-state index < -0.39 is 0 Å². The van der Waals surface area contributed by atoms with Gasteiger partial charge in [-0.2, -0.15) is 5.26 Å². The van der Waals surface area contributed by atoms with Gasteiger partial charge in [0.25, 0.3) is 0 Å². The zero-order valence-electron chi connectivity index (χ0n) is 13.0. The third-order valence-electron chi connectivity index (χ3n) is 4.00. The summed E-state index contributed by atoms with van der Waals surface area (Å²) >= 11 is 11.0. The van der Waals surface area contributed by atoms with E-state index in [0.29, 0.717) is 11.3 Å². The monoisotopic (exact) mass is 507 g/mol. The number of nitriles is 1. The molecule has 0 unspecified atom stereocenters. The zero-order chi connectivity index (χ0) is 17.4. The number of ether oxygens (including phenoxy) is 1. The van der Waals surface area contributed by atoms with E-state index in [-0.39, 0.29) is 0 Å². The minimum atomic E-state index is 0.624. The van der Waals surface area contributed by atoms with Crippen LogP contribution >= 0.6 is 47.8 Å². The number of rotatable bonds is 2. The van der Waals surface area contributed by atoms with E-state index in [0.717, 1.165) is 40.9 Å². The number of hydrogen-bond acceptors (Lipinski definition) is 2. The van der Waals surface area contributed by atoms with Crippen molar-refractivity contribution in [3.05, 3.63) is 60.9 Å². The highest BCUT2D eigenvalue weighted by Gasteiger charge is 2.23. The first-order valence-corrected chi connectivity index (χ1v) is 9.52. The van der Waals surface area contributed by atoms with Crippen LogP contribution in [0.3, 0.4) is 0 Å². The van der Waals surface area contributed by atoms with Gasteiger partial charge in [-0.3, -0.25) is 0 Å². The quantitative estimate of drug-likeness (QED) is 0.373. The number of nitrogens with zero attached hydrogens (tertiary/aromatic N) is 1. The molecule has 0 aromatic heterocycles. The molecule has 3 rings (SSSR count). The number of benzene rings is 3. The summed E-state index contributed by atoms with van der Waals surface area (Å²) in [5.74, 6) is 0.711. The van der Waals surface area contributed by atoms with Crippen LogP contribution in [0.2, 0.25) is 0 Å². The lowest BCUT2D eigenvalue weighted by molar-refractivity contribution is 0.409. The van der Waals surface area contributed by atoms with Crippen molar-refractivity contribution in [1.29, 1.82) is 5.26 Å². The Bertz CT molecular complexity index is 1010. The lowest BCUT2D eigenvalue weighted by atomic mass is 9.92. The normalized spacial score (nSPS) is 10.7. The predicted molar refractivity (Wildman–Crippen MR) is 108 cm³/mol. The molecule has 0 atom stereocenters. The lowest BCUT2D eigenvalue weighted by Crippen LogP contribution is -1.97. The van der Waals surface area contributed by atoms with E-state index in [1.165, 1.54) is 0 Å². The fraction of sp³-hybridized carbons (Fsp3) is 0.105. The lowest BCUT2D eigenvalue weighted by Gasteiger charge is -2.19. The Morgan fingerprint density at radius 1 is 0.917 bits per heavy atom. The van der Waals surface area contributed by atoms with Crippen molar-refractivity contribution in [3.8, 4) is 22.9 Å². The molecule has 0 amide bonds. The molecule has 0 aliphatic heterocycles. The summed E-state index contributed by atoms with van der Waals surface area (Å²) in [5.41, 5.74) is 3.45. The molecule has 0 aliphatic carbocycles. The molecule has 0 saturated heterocycles. The van der Waals surface area contributed by atoms with E-state index in [1.54, 1.807) is 7.11 Å². The van der Waals surface area contributed by atoms with Crippen LogP contribution in [0.25, 0.3) is 21.9 Å². The van der Waals surface area contributed by atoms with Crippen molar-refractivity contribution in [3.63, 3.8) is 0 Å². The van der Waals surface area contributed by atoms with Crippen molar-refractivity contribution in [2.75, 3.05) is 7.11 Å². The minimum Gasteiger partial charge on any atom is -0.494 e. The highest BCUT2D eigenvalue weighted by molar-refractivity contribution is 9.11. The topological polar surface area (TPSA) is 33.0 Å². The Hall–Kier alpha value is -1.35. The molecule has 2 nitrogen and oxygen atoms in total. The van der Waals surface area contributed by atoms with Gasteiger partial charge in [-0.1, -0.05) is 30.3 Å². The summed E-state index contributed by atoms with van der Waals surface area (Å²) in [7, 11) is 1.64. The number of fused-ring (bicyclic) bond motifs is 1. The molecule has 0 saturated carbocycles. The van der Waals surface area contributed by atoms with Crippen LogP contribution in [-0.2, 0) is 0 Å². The second-order valence-electron chi connectivity index (χ2n) is 5.30. The van der Waals surface area contributed by atoms with E-state index >= 15 is 0 Å². The summed E-state index contributed by atoms with van der Waals surface area (Å²) in [5, 5.41) is 11.8. The molecule has 120 valence electrons. The van der Waals surface area contributed by atoms with Gasteiger partial charge < -0.3 is 4.74 Å². The maximum Gasteiger partial charge on any atom is 0.148 e. The van der Waals surface area contributed by atoms with Gasteiger partial charge in [0, 0.05) is 15.6 Å². The van der Waals surface area contributed by atoms with E-state index in [2.05, 4.69) is 53.9 Å². The Morgan fingerprint density at radius 3 is 2.29 bits per heavy atom. The second-order valence-corrected chi connectivity index (χ2v) is 7.68. The average molecular weight is 510 g/mol. The second kappa shape index (κ2) is 6.87. The van der Waals surface area contributed by atoms with Crippen molar-refractivity contribution in [2.24, 2.45) is 0 Å². The van der Waals surface area contributed by atoms with Gasteiger partial charge in [0.2, 0.25) is 0 Å². The summed E-state index contributed by atoms with van der Waals surface area (Å²) in [6.07, 6.45) is 0. The largest absolute Gasteiger partial charge is 0.494 e. The van der Waals surface area contributed by atoms with E-state index in [4.69, 9.17) is 4.74 Å². The summed E-state index contributed by atoms with van der Waals surface area (Å²) in [4.78, 5) is 0. The molecular weight excluding hydrogens is 498 g/mol. The molecule has 0 fully saturated rings. The van der Waals surface area contributed by atoms with Crippen LogP contribution in [-0.4, -0.2) is 7.11 Å². The number of methoxy groups -OCH3 is 1. The third kappa shape index (κ3) is 2.67. The van der Waals surface area contributed by atoms with Gasteiger partial charge in [0.05, 0.1) is 27.7 Å². The van der Waals surface area contributed by atoms with Gasteiger partial charge in [-0.15, -0.1) is 0 Å². The van der Waals surface area contributed by atoms with Gasteiger partial charge >= 0.3 is 0 Å². The van der Waals surface area contributed by atoms with Crippen molar-refractivity contribution < 1.29 is 4.74 Å². The number of hydrogen-bond donors (Lipinski definition) is 0. The van der Waals surface area contributed by atoms with Gasteiger partial charge in [0.1, 0.15) is 5.75 Å². The van der Waals surface area contributed by atoms with Gasteiger partial charge in [-0.05, 0) is 77.1 Å². The molecular formula is C19H12Br3NO. The van der Waals surface area contributed by atoms with Crippen LogP contribution in [0.1, 0.15) is 11.1 Å². The Morgan fingerprint density at radius 2 is 1.62 bits per heavy atom. The molecule has 3 aromatic rings. The molecule has 0 spiro atoms. The fourth-order valence-corrected chi connectivity index (χ4v) is 5.50. The molecule has 5 heteroatoms. The first kappa shape index (κ1) is 17.5. The Kier molecular flexibility index (Phi) is 5.00. The zero-order valence-corrected chi connectivity index (χ0v) is 17.7. The Balaban J connectivity index is 2.54. The first-order chi connectivity index (χ1) is 11.5.